The normalized spacial score (nSPS) is 16.8. The van der Waals surface area contributed by atoms with Crippen LogP contribution in [0.3, 0.4) is 0 Å². The van der Waals surface area contributed by atoms with Crippen LogP contribution in [0.5, 0.6) is 0 Å². The standard InChI is InChI=1S/C45H46F3N9O2/c1-25-37-33-16-29(31-19-52-55(4)22-31)17-35(34(33)20-51-42(37)53-40(25)27-7-11-56(12-8-27)23-44(2,3)58)57-13-9-26(10-14-57)38-39-32-6-5-28(36-21-49-24-59-36)15-30(32)18-50-43(39)54-41(38)45(46,47)48/h5-6,15-22,24,26-27,58H,7-14,23H2,1-4H3,(H,50,54)(H,51,53). The van der Waals surface area contributed by atoms with Gasteiger partial charge in [0.15, 0.2) is 12.2 Å². The lowest BCUT2D eigenvalue weighted by Gasteiger charge is -2.35. The maximum absolute atomic E-state index is 14.9. The Morgan fingerprint density at radius 3 is 2.25 bits per heavy atom. The number of pyridine rings is 2. The molecular formula is C45H46F3N9O2. The number of hydrogen-bond donors (Lipinski definition) is 3. The summed E-state index contributed by atoms with van der Waals surface area (Å²) in [6.07, 6.45) is 8.86. The first-order chi connectivity index (χ1) is 28.3. The molecule has 2 fully saturated rings. The molecule has 59 heavy (non-hydrogen) atoms. The number of hydrogen-bond acceptors (Lipinski definition) is 8. The third-order valence-electron chi connectivity index (χ3n) is 12.6. The van der Waals surface area contributed by atoms with Gasteiger partial charge in [0.05, 0.1) is 18.0 Å². The van der Waals surface area contributed by atoms with E-state index in [1.54, 1.807) is 17.1 Å². The van der Waals surface area contributed by atoms with E-state index in [4.69, 9.17) is 9.40 Å². The highest BCUT2D eigenvalue weighted by atomic mass is 19.4. The van der Waals surface area contributed by atoms with Crippen LogP contribution in [-0.2, 0) is 13.2 Å². The van der Waals surface area contributed by atoms with E-state index in [1.807, 2.05) is 57.7 Å². The Morgan fingerprint density at radius 2 is 1.56 bits per heavy atom. The second kappa shape index (κ2) is 13.9. The lowest BCUT2D eigenvalue weighted by Crippen LogP contribution is -2.42. The number of aromatic nitrogens is 7. The van der Waals surface area contributed by atoms with Crippen molar-refractivity contribution in [3.8, 4) is 22.5 Å². The number of halogens is 3. The molecule has 0 unspecified atom stereocenters. The zero-order chi connectivity index (χ0) is 40.8. The zero-order valence-corrected chi connectivity index (χ0v) is 33.5. The van der Waals surface area contributed by atoms with Gasteiger partial charge in [0.25, 0.3) is 0 Å². The summed E-state index contributed by atoms with van der Waals surface area (Å²) in [6.45, 7) is 9.52. The number of nitrogens with zero attached hydrogens (tertiary/aromatic N) is 7. The lowest BCUT2D eigenvalue weighted by molar-refractivity contribution is -0.141. The highest BCUT2D eigenvalue weighted by Crippen LogP contribution is 2.47. The van der Waals surface area contributed by atoms with Gasteiger partial charge in [-0.05, 0) is 111 Å². The third-order valence-corrected chi connectivity index (χ3v) is 12.6. The van der Waals surface area contributed by atoms with Crippen LogP contribution in [0.25, 0.3) is 66.1 Å². The molecule has 2 saturated heterocycles. The summed E-state index contributed by atoms with van der Waals surface area (Å²) in [5, 5.41) is 20.0. The lowest BCUT2D eigenvalue weighted by atomic mass is 9.85. The zero-order valence-electron chi connectivity index (χ0n) is 33.5. The van der Waals surface area contributed by atoms with E-state index in [0.29, 0.717) is 54.9 Å². The molecular weight excluding hydrogens is 756 g/mol. The summed E-state index contributed by atoms with van der Waals surface area (Å²) in [7, 11) is 1.90. The number of nitrogens with one attached hydrogen (secondary N) is 2. The summed E-state index contributed by atoms with van der Waals surface area (Å²) in [5.41, 5.74) is 6.14. The molecule has 3 N–H and O–H groups in total. The molecule has 304 valence electrons. The molecule has 2 aliphatic rings. The van der Waals surface area contributed by atoms with Crippen LogP contribution in [0.15, 0.2) is 72.1 Å². The maximum Gasteiger partial charge on any atom is 0.431 e. The topological polar surface area (TPSA) is 128 Å². The van der Waals surface area contributed by atoms with Crippen LogP contribution in [0, 0.1) is 6.92 Å². The minimum absolute atomic E-state index is 0.237. The molecule has 14 heteroatoms. The van der Waals surface area contributed by atoms with E-state index in [2.05, 4.69) is 53.9 Å². The van der Waals surface area contributed by atoms with E-state index in [9.17, 15) is 18.3 Å². The second-order valence-electron chi connectivity index (χ2n) is 17.2. The number of rotatable bonds is 7. The number of oxazole rings is 1. The quantitative estimate of drug-likeness (QED) is 0.146. The second-order valence-corrected chi connectivity index (χ2v) is 17.2. The summed E-state index contributed by atoms with van der Waals surface area (Å²) in [5.74, 6) is 0.582. The van der Waals surface area contributed by atoms with E-state index in [1.165, 1.54) is 17.7 Å². The fraction of sp³-hybridized carbons (Fsp3) is 0.378. The van der Waals surface area contributed by atoms with E-state index >= 15 is 0 Å². The smallest absolute Gasteiger partial charge is 0.431 e. The van der Waals surface area contributed by atoms with Crippen molar-refractivity contribution in [3.05, 3.63) is 90.2 Å². The van der Waals surface area contributed by atoms with Crippen LogP contribution in [0.1, 0.15) is 73.9 Å². The van der Waals surface area contributed by atoms with Gasteiger partial charge in [-0.2, -0.15) is 18.3 Å². The highest BCUT2D eigenvalue weighted by Gasteiger charge is 2.40. The SMILES string of the molecule is Cc1c(C2CCN(CC(C)(C)O)CC2)[nH]c2ncc3c(N4CCC(c5c(C(F)(F)F)[nH]c6ncc7cc(-c8cnco8)ccc7c56)CC4)cc(-c4cnn(C)c4)cc3c12. The van der Waals surface area contributed by atoms with Crippen molar-refractivity contribution in [1.82, 2.24) is 39.6 Å². The average Bonchev–Trinajstić information content (AvgIpc) is 4.03. The predicted octanol–water partition coefficient (Wildman–Crippen LogP) is 9.46. The van der Waals surface area contributed by atoms with Crippen molar-refractivity contribution >= 4 is 49.3 Å². The Hall–Kier alpha value is -5.73. The monoisotopic (exact) mass is 801 g/mol. The van der Waals surface area contributed by atoms with Gasteiger partial charge in [-0.25, -0.2) is 15.0 Å². The van der Waals surface area contributed by atoms with Crippen LogP contribution >= 0.6 is 0 Å². The van der Waals surface area contributed by atoms with Gasteiger partial charge in [-0.1, -0.05) is 12.1 Å². The van der Waals surface area contributed by atoms with E-state index < -0.39 is 17.5 Å². The number of aliphatic hydroxyl groups is 1. The number of β-amino-alcohol motifs (C(OH)–C–C–N with tert-alkyl or cyclic N) is 1. The maximum atomic E-state index is 14.9. The summed E-state index contributed by atoms with van der Waals surface area (Å²) in [4.78, 5) is 24.6. The van der Waals surface area contributed by atoms with Gasteiger partial charge in [0.1, 0.15) is 17.0 Å². The van der Waals surface area contributed by atoms with E-state index in [-0.39, 0.29) is 17.1 Å². The molecule has 6 aromatic heterocycles. The summed E-state index contributed by atoms with van der Waals surface area (Å²) >= 11 is 0. The van der Waals surface area contributed by atoms with Gasteiger partial charge in [0.2, 0.25) is 0 Å². The molecule has 0 bridgehead atoms. The highest BCUT2D eigenvalue weighted by molar-refractivity contribution is 6.13. The van der Waals surface area contributed by atoms with Crippen LogP contribution in [0.4, 0.5) is 18.9 Å². The van der Waals surface area contributed by atoms with Crippen molar-refractivity contribution in [2.75, 3.05) is 37.6 Å². The Bertz CT molecular complexity index is 2850. The average molecular weight is 802 g/mol. The minimum Gasteiger partial charge on any atom is -0.444 e. The molecule has 0 amide bonds. The number of likely N-dealkylation sites (tertiary alicyclic amines) is 1. The van der Waals surface area contributed by atoms with Gasteiger partial charge in [-0.15, -0.1) is 0 Å². The number of aromatic amines is 2. The van der Waals surface area contributed by atoms with Gasteiger partial charge in [-0.3, -0.25) is 4.68 Å². The number of fused-ring (bicyclic) bond motifs is 6. The largest absolute Gasteiger partial charge is 0.444 e. The molecule has 10 rings (SSSR count). The van der Waals surface area contributed by atoms with Crippen LogP contribution < -0.4 is 4.90 Å². The molecule has 2 aromatic carbocycles. The number of piperidine rings is 2. The Morgan fingerprint density at radius 1 is 0.814 bits per heavy atom. The number of alkyl halides is 3. The van der Waals surface area contributed by atoms with Crippen molar-refractivity contribution < 1.29 is 22.7 Å². The molecule has 8 heterocycles. The minimum atomic E-state index is -4.58. The fourth-order valence-corrected chi connectivity index (χ4v) is 9.92. The van der Waals surface area contributed by atoms with Crippen LogP contribution in [0.2, 0.25) is 0 Å². The van der Waals surface area contributed by atoms with Crippen molar-refractivity contribution in [3.63, 3.8) is 0 Å². The first-order valence-electron chi connectivity index (χ1n) is 20.3. The van der Waals surface area contributed by atoms with Crippen molar-refractivity contribution in [1.29, 1.82) is 0 Å². The molecule has 0 saturated carbocycles. The third kappa shape index (κ3) is 6.71. The first kappa shape index (κ1) is 37.5. The molecule has 8 aromatic rings. The number of aryl methyl sites for hydroxylation is 2. The Balaban J connectivity index is 1.01. The first-order valence-corrected chi connectivity index (χ1v) is 20.3. The van der Waals surface area contributed by atoms with Crippen molar-refractivity contribution in [2.45, 2.75) is 70.1 Å². The Labute approximate surface area is 338 Å². The van der Waals surface area contributed by atoms with Gasteiger partial charge < -0.3 is 29.3 Å². The number of benzene rings is 2. The molecule has 0 spiro atoms. The molecule has 11 nitrogen and oxygen atoms in total. The number of H-pyrrole nitrogens is 2. The van der Waals surface area contributed by atoms with Gasteiger partial charge in [0, 0.05) is 95.2 Å². The molecule has 0 aliphatic carbocycles. The molecule has 2 aliphatic heterocycles. The molecule has 0 radical (unpaired) electrons. The summed E-state index contributed by atoms with van der Waals surface area (Å²) in [6, 6.07) is 10.0. The van der Waals surface area contributed by atoms with Crippen molar-refractivity contribution in [2.24, 2.45) is 7.05 Å². The van der Waals surface area contributed by atoms with Crippen LogP contribution in [-0.4, -0.2) is 83.0 Å². The van der Waals surface area contributed by atoms with Gasteiger partial charge >= 0.3 is 6.18 Å². The number of anilines is 1. The summed E-state index contributed by atoms with van der Waals surface area (Å²) < 4.78 is 51.9. The van der Waals surface area contributed by atoms with E-state index in [0.717, 1.165) is 75.5 Å². The Kier molecular flexibility index (Phi) is 8.87. The molecule has 0 atom stereocenters. The fourth-order valence-electron chi connectivity index (χ4n) is 9.92. The predicted molar refractivity (Wildman–Crippen MR) is 224 cm³/mol.